The number of para-hydroxylation sites is 1. The van der Waals surface area contributed by atoms with Gasteiger partial charge in [0.15, 0.2) is 5.69 Å². The number of hydrogen-bond donors (Lipinski definition) is 2. The van der Waals surface area contributed by atoms with Gasteiger partial charge in [-0.25, -0.2) is 0 Å². The zero-order valence-corrected chi connectivity index (χ0v) is 20.8. The van der Waals surface area contributed by atoms with Crippen LogP contribution in [0.3, 0.4) is 0 Å². The SMILES string of the molecule is CCCNCc1c(C(=O)NC2CCCCC2)nn(-c2ccccc2Cl)c1Oc1ccc(Cl)cc1. The molecule has 1 heterocycles. The van der Waals surface area contributed by atoms with Crippen LogP contribution in [-0.4, -0.2) is 28.3 Å². The molecule has 1 aromatic heterocycles. The van der Waals surface area contributed by atoms with E-state index < -0.39 is 0 Å². The molecule has 1 amide bonds. The summed E-state index contributed by atoms with van der Waals surface area (Å²) in [4.78, 5) is 13.4. The van der Waals surface area contributed by atoms with Crippen molar-refractivity contribution in [3.05, 3.63) is 69.8 Å². The van der Waals surface area contributed by atoms with Crippen molar-refractivity contribution in [1.29, 1.82) is 0 Å². The maximum atomic E-state index is 13.4. The first-order valence-corrected chi connectivity index (χ1v) is 12.6. The fourth-order valence-corrected chi connectivity index (χ4v) is 4.52. The number of aromatic nitrogens is 2. The molecule has 1 aliphatic carbocycles. The number of amides is 1. The number of carbonyl (C=O) groups is 1. The third-order valence-corrected chi connectivity index (χ3v) is 6.50. The van der Waals surface area contributed by atoms with Gasteiger partial charge in [-0.05, 0) is 62.2 Å². The Bertz CT molecular complexity index is 1110. The predicted molar refractivity (Wildman–Crippen MR) is 136 cm³/mol. The molecule has 0 unspecified atom stereocenters. The lowest BCUT2D eigenvalue weighted by atomic mass is 9.95. The fourth-order valence-electron chi connectivity index (χ4n) is 4.17. The van der Waals surface area contributed by atoms with Gasteiger partial charge in [0.1, 0.15) is 5.75 Å². The van der Waals surface area contributed by atoms with Crippen LogP contribution in [0, 0.1) is 0 Å². The molecule has 4 rings (SSSR count). The van der Waals surface area contributed by atoms with Gasteiger partial charge in [0.25, 0.3) is 5.91 Å². The molecule has 8 heteroatoms. The number of nitrogens with zero attached hydrogens (tertiary/aromatic N) is 2. The van der Waals surface area contributed by atoms with Gasteiger partial charge in [0.2, 0.25) is 5.88 Å². The quantitative estimate of drug-likeness (QED) is 0.327. The van der Waals surface area contributed by atoms with Crippen LogP contribution in [0.5, 0.6) is 11.6 Å². The van der Waals surface area contributed by atoms with Crippen molar-refractivity contribution in [2.75, 3.05) is 6.54 Å². The smallest absolute Gasteiger partial charge is 0.272 e. The lowest BCUT2D eigenvalue weighted by molar-refractivity contribution is 0.0921. The summed E-state index contributed by atoms with van der Waals surface area (Å²) in [7, 11) is 0. The van der Waals surface area contributed by atoms with Crippen LogP contribution in [0.25, 0.3) is 5.69 Å². The molecule has 6 nitrogen and oxygen atoms in total. The van der Waals surface area contributed by atoms with Gasteiger partial charge in [-0.3, -0.25) is 4.79 Å². The molecule has 0 atom stereocenters. The Balaban J connectivity index is 1.77. The Morgan fingerprint density at radius 2 is 1.82 bits per heavy atom. The maximum absolute atomic E-state index is 13.4. The average molecular weight is 501 g/mol. The second kappa shape index (κ2) is 11.7. The lowest BCUT2D eigenvalue weighted by Gasteiger charge is -2.22. The van der Waals surface area contributed by atoms with Crippen molar-refractivity contribution in [3.8, 4) is 17.3 Å². The topological polar surface area (TPSA) is 68.2 Å². The van der Waals surface area contributed by atoms with Crippen molar-refractivity contribution in [2.45, 2.75) is 58.0 Å². The molecule has 0 aliphatic heterocycles. The van der Waals surface area contributed by atoms with Gasteiger partial charge in [0.05, 0.1) is 16.3 Å². The van der Waals surface area contributed by atoms with Crippen LogP contribution in [0.1, 0.15) is 61.5 Å². The molecule has 180 valence electrons. The van der Waals surface area contributed by atoms with Crippen LogP contribution in [0.4, 0.5) is 0 Å². The Morgan fingerprint density at radius 1 is 1.09 bits per heavy atom. The number of halogens is 2. The Kier molecular flexibility index (Phi) is 8.48. The van der Waals surface area contributed by atoms with Crippen molar-refractivity contribution < 1.29 is 9.53 Å². The van der Waals surface area contributed by atoms with Crippen LogP contribution < -0.4 is 15.4 Å². The average Bonchev–Trinajstić information content (AvgIpc) is 3.19. The van der Waals surface area contributed by atoms with Crippen LogP contribution in [0.15, 0.2) is 48.5 Å². The van der Waals surface area contributed by atoms with E-state index in [1.807, 2.05) is 18.2 Å². The van der Waals surface area contributed by atoms with Crippen molar-refractivity contribution in [1.82, 2.24) is 20.4 Å². The normalized spacial score (nSPS) is 14.2. The first-order chi connectivity index (χ1) is 16.6. The van der Waals surface area contributed by atoms with E-state index in [0.717, 1.165) is 38.6 Å². The van der Waals surface area contributed by atoms with Gasteiger partial charge >= 0.3 is 0 Å². The van der Waals surface area contributed by atoms with E-state index in [9.17, 15) is 4.79 Å². The summed E-state index contributed by atoms with van der Waals surface area (Å²) in [6.07, 6.45) is 6.45. The molecule has 34 heavy (non-hydrogen) atoms. The van der Waals surface area contributed by atoms with Crippen molar-refractivity contribution >= 4 is 29.1 Å². The van der Waals surface area contributed by atoms with Gasteiger partial charge < -0.3 is 15.4 Å². The molecule has 1 fully saturated rings. The summed E-state index contributed by atoms with van der Waals surface area (Å²) in [6, 6.07) is 14.7. The summed E-state index contributed by atoms with van der Waals surface area (Å²) >= 11 is 12.6. The largest absolute Gasteiger partial charge is 0.439 e. The highest BCUT2D eigenvalue weighted by atomic mass is 35.5. The highest BCUT2D eigenvalue weighted by Crippen LogP contribution is 2.34. The number of benzene rings is 2. The molecule has 0 saturated heterocycles. The summed E-state index contributed by atoms with van der Waals surface area (Å²) in [5.41, 5.74) is 1.68. The summed E-state index contributed by atoms with van der Waals surface area (Å²) in [6.45, 7) is 3.35. The highest BCUT2D eigenvalue weighted by molar-refractivity contribution is 6.32. The molecule has 0 spiro atoms. The minimum atomic E-state index is -0.188. The molecule has 1 saturated carbocycles. The lowest BCUT2D eigenvalue weighted by Crippen LogP contribution is -2.37. The molecule has 2 N–H and O–H groups in total. The number of rotatable bonds is 9. The summed E-state index contributed by atoms with van der Waals surface area (Å²) < 4.78 is 7.94. The zero-order valence-electron chi connectivity index (χ0n) is 19.3. The third-order valence-electron chi connectivity index (χ3n) is 5.93. The maximum Gasteiger partial charge on any atom is 0.272 e. The monoisotopic (exact) mass is 500 g/mol. The molecule has 0 radical (unpaired) electrons. The Labute approximate surface area is 210 Å². The van der Waals surface area contributed by atoms with Crippen LogP contribution in [0.2, 0.25) is 10.0 Å². The van der Waals surface area contributed by atoms with E-state index in [2.05, 4.69) is 17.6 Å². The second-order valence-electron chi connectivity index (χ2n) is 8.54. The van der Waals surface area contributed by atoms with Crippen molar-refractivity contribution in [3.63, 3.8) is 0 Å². The van der Waals surface area contributed by atoms with E-state index in [0.29, 0.717) is 45.2 Å². The highest BCUT2D eigenvalue weighted by Gasteiger charge is 2.28. The third kappa shape index (κ3) is 5.93. The molecule has 1 aliphatic rings. The van der Waals surface area contributed by atoms with Gasteiger partial charge in [-0.15, -0.1) is 0 Å². The van der Waals surface area contributed by atoms with E-state index in [4.69, 9.17) is 33.0 Å². The molecular formula is C26H30Cl2N4O2. The van der Waals surface area contributed by atoms with Gasteiger partial charge in [-0.2, -0.15) is 9.78 Å². The van der Waals surface area contributed by atoms with E-state index in [1.165, 1.54) is 6.42 Å². The molecule has 3 aromatic rings. The first kappa shape index (κ1) is 24.6. The minimum absolute atomic E-state index is 0.170. The number of hydrogen-bond acceptors (Lipinski definition) is 4. The predicted octanol–water partition coefficient (Wildman–Crippen LogP) is 6.53. The number of ether oxygens (including phenoxy) is 1. The minimum Gasteiger partial charge on any atom is -0.439 e. The summed E-state index contributed by atoms with van der Waals surface area (Å²) in [5, 5.41) is 12.4. The van der Waals surface area contributed by atoms with Crippen LogP contribution >= 0.6 is 23.2 Å². The number of carbonyl (C=O) groups excluding carboxylic acids is 1. The molecular weight excluding hydrogens is 471 g/mol. The van der Waals surface area contributed by atoms with Crippen molar-refractivity contribution in [2.24, 2.45) is 0 Å². The Hall–Kier alpha value is -2.54. The van der Waals surface area contributed by atoms with Gasteiger partial charge in [-0.1, -0.05) is 61.5 Å². The second-order valence-corrected chi connectivity index (χ2v) is 9.38. The zero-order chi connectivity index (χ0) is 23.9. The molecule has 0 bridgehead atoms. The van der Waals surface area contributed by atoms with E-state index in [1.54, 1.807) is 35.0 Å². The number of nitrogens with one attached hydrogen (secondary N) is 2. The molecule has 2 aromatic carbocycles. The van der Waals surface area contributed by atoms with Gasteiger partial charge in [0, 0.05) is 17.6 Å². The first-order valence-electron chi connectivity index (χ1n) is 11.9. The summed E-state index contributed by atoms with van der Waals surface area (Å²) in [5.74, 6) is 0.855. The van der Waals surface area contributed by atoms with Crippen LogP contribution in [-0.2, 0) is 6.54 Å². The van der Waals surface area contributed by atoms with E-state index >= 15 is 0 Å². The Morgan fingerprint density at radius 3 is 2.53 bits per heavy atom. The van der Waals surface area contributed by atoms with E-state index in [-0.39, 0.29) is 11.9 Å². The fraction of sp³-hybridized carbons (Fsp3) is 0.385. The standard InChI is InChI=1S/C26H30Cl2N4O2/c1-2-16-29-17-21-24(25(33)30-19-8-4-3-5-9-19)31-32(23-11-7-6-10-22(23)28)26(21)34-20-14-12-18(27)13-15-20/h6-7,10-15,19,29H,2-5,8-9,16-17H2,1H3,(H,30,33).